The molecule has 0 N–H and O–H groups in total. The SMILES string of the molecule is Cc1ccc2cc(-c3cccc(-c4nc5cc6c(cc5s4)C(C)(C)c4cc5sc(-c7cccc(-c8cc9ccc(C)nc9c9nc(C)ccc89)c7)nc5cc4-6)c3)c3ccc(C)nc3c2n1. The first-order valence-corrected chi connectivity index (χ1v) is 23.6. The topological polar surface area (TPSA) is 77.3 Å². The highest BCUT2D eigenvalue weighted by Gasteiger charge is 2.37. The van der Waals surface area contributed by atoms with Crippen LogP contribution in [0.4, 0.5) is 0 Å². The Bertz CT molecular complexity index is 3790. The Morgan fingerprint density at radius 3 is 1.22 bits per heavy atom. The highest BCUT2D eigenvalue weighted by molar-refractivity contribution is 7.22. The van der Waals surface area contributed by atoms with Gasteiger partial charge in [0.15, 0.2) is 0 Å². The summed E-state index contributed by atoms with van der Waals surface area (Å²) in [6.07, 6.45) is 0. The number of aromatic nitrogens is 6. The number of hydrogen-bond acceptors (Lipinski definition) is 8. The first kappa shape index (κ1) is 38.2. The minimum Gasteiger partial charge on any atom is -0.251 e. The number of hydrogen-bond donors (Lipinski definition) is 0. The van der Waals surface area contributed by atoms with Crippen LogP contribution < -0.4 is 0 Å². The molecule has 6 heterocycles. The predicted octanol–water partition coefficient (Wildman–Crippen LogP) is 15.3. The van der Waals surface area contributed by atoms with Gasteiger partial charge < -0.3 is 0 Å². The Hall–Kier alpha value is -7.26. The fourth-order valence-corrected chi connectivity index (χ4v) is 12.0. The normalized spacial score (nSPS) is 13.2. The van der Waals surface area contributed by atoms with Crippen LogP contribution in [0, 0.1) is 27.7 Å². The van der Waals surface area contributed by atoms with Gasteiger partial charge in [-0.1, -0.05) is 74.5 Å². The van der Waals surface area contributed by atoms with Crippen molar-refractivity contribution in [2.24, 2.45) is 0 Å². The third kappa shape index (κ3) is 5.97. The molecule has 0 saturated heterocycles. The zero-order chi connectivity index (χ0) is 43.9. The molecule has 6 aromatic carbocycles. The zero-order valence-corrected chi connectivity index (χ0v) is 38.3. The van der Waals surface area contributed by atoms with Gasteiger partial charge >= 0.3 is 0 Å². The van der Waals surface area contributed by atoms with Crippen LogP contribution >= 0.6 is 22.7 Å². The molecule has 310 valence electrons. The first-order chi connectivity index (χ1) is 31.5. The summed E-state index contributed by atoms with van der Waals surface area (Å²) in [5, 5.41) is 6.40. The lowest BCUT2D eigenvalue weighted by molar-refractivity contribution is 0.662. The molecule has 13 rings (SSSR count). The molecule has 0 amide bonds. The molecule has 65 heavy (non-hydrogen) atoms. The molecule has 6 nitrogen and oxygen atoms in total. The van der Waals surface area contributed by atoms with Gasteiger partial charge in [0.2, 0.25) is 0 Å². The van der Waals surface area contributed by atoms with E-state index in [9.17, 15) is 0 Å². The van der Waals surface area contributed by atoms with E-state index in [1.165, 1.54) is 31.7 Å². The number of pyridine rings is 4. The molecule has 12 aromatic rings. The van der Waals surface area contributed by atoms with Gasteiger partial charge in [0, 0.05) is 60.9 Å². The van der Waals surface area contributed by atoms with Gasteiger partial charge in [-0.3, -0.25) is 19.9 Å². The van der Waals surface area contributed by atoms with Crippen LogP contribution in [0.5, 0.6) is 0 Å². The molecule has 0 radical (unpaired) electrons. The number of rotatable bonds is 4. The summed E-state index contributed by atoms with van der Waals surface area (Å²) in [4.78, 5) is 30.4. The number of thiazole rings is 2. The maximum atomic E-state index is 5.31. The summed E-state index contributed by atoms with van der Waals surface area (Å²) in [6.45, 7) is 12.9. The largest absolute Gasteiger partial charge is 0.251 e. The van der Waals surface area contributed by atoms with Crippen LogP contribution in [0.3, 0.4) is 0 Å². The van der Waals surface area contributed by atoms with Gasteiger partial charge in [0.25, 0.3) is 0 Å². The van der Waals surface area contributed by atoms with Crippen LogP contribution in [-0.4, -0.2) is 29.9 Å². The van der Waals surface area contributed by atoms with Crippen molar-refractivity contribution in [1.82, 2.24) is 29.9 Å². The van der Waals surface area contributed by atoms with E-state index in [-0.39, 0.29) is 5.41 Å². The van der Waals surface area contributed by atoms with Crippen molar-refractivity contribution in [1.29, 1.82) is 0 Å². The average molecular weight is 873 g/mol. The van der Waals surface area contributed by atoms with Crippen LogP contribution in [0.2, 0.25) is 0 Å². The van der Waals surface area contributed by atoms with Crippen LogP contribution in [0.25, 0.3) is 119 Å². The molecule has 1 aliphatic rings. The maximum absolute atomic E-state index is 5.31. The molecule has 0 bridgehead atoms. The maximum Gasteiger partial charge on any atom is 0.124 e. The van der Waals surface area contributed by atoms with Crippen molar-refractivity contribution in [3.05, 3.63) is 167 Å². The van der Waals surface area contributed by atoms with E-state index < -0.39 is 0 Å². The van der Waals surface area contributed by atoms with Crippen LogP contribution in [0.15, 0.2) is 133 Å². The highest BCUT2D eigenvalue weighted by Crippen LogP contribution is 2.52. The third-order valence-corrected chi connectivity index (χ3v) is 15.5. The van der Waals surface area contributed by atoms with E-state index in [2.05, 4.69) is 147 Å². The van der Waals surface area contributed by atoms with E-state index in [0.717, 1.165) is 121 Å². The molecule has 6 aromatic heterocycles. The Balaban J connectivity index is 0.872. The number of benzene rings is 6. The average Bonchev–Trinajstić information content (AvgIpc) is 3.99. The minimum absolute atomic E-state index is 0.185. The molecule has 0 fully saturated rings. The molecule has 0 aliphatic heterocycles. The monoisotopic (exact) mass is 872 g/mol. The third-order valence-electron chi connectivity index (χ3n) is 13.4. The van der Waals surface area contributed by atoms with Crippen molar-refractivity contribution in [2.75, 3.05) is 0 Å². The highest BCUT2D eigenvalue weighted by atomic mass is 32.1. The second kappa shape index (κ2) is 13.9. The Morgan fingerprint density at radius 2 is 0.769 bits per heavy atom. The molecule has 1 aliphatic carbocycles. The van der Waals surface area contributed by atoms with E-state index in [4.69, 9.17) is 29.9 Å². The lowest BCUT2D eigenvalue weighted by atomic mass is 9.82. The van der Waals surface area contributed by atoms with Crippen molar-refractivity contribution < 1.29 is 0 Å². The van der Waals surface area contributed by atoms with Gasteiger partial charge in [-0.15, -0.1) is 22.7 Å². The molecular formula is C57H40N6S2. The van der Waals surface area contributed by atoms with Crippen molar-refractivity contribution >= 4 is 86.7 Å². The summed E-state index contributed by atoms with van der Waals surface area (Å²) in [5.74, 6) is 0. The summed E-state index contributed by atoms with van der Waals surface area (Å²) in [6, 6.07) is 48.5. The summed E-state index contributed by atoms with van der Waals surface area (Å²) < 4.78 is 2.39. The standard InChI is InChI=1S/C57H40N6S2/c1-29-13-17-35-23-41(39-19-15-31(3)60-53(39)51(35)58-29)33-9-7-11-37(21-33)55-62-47-25-43-44-26-48-50(28-46(44)57(5,6)45(43)27-49(47)64-55)65-56(63-48)38-12-8-10-34(22-38)42-24-36-18-14-30(2)59-52(36)54-40(42)20-16-32(4)61-54/h7-28H,1-6H3. The second-order valence-corrected chi connectivity index (χ2v) is 20.2. The molecule has 0 spiro atoms. The fourth-order valence-electron chi connectivity index (χ4n) is 10.1. The van der Waals surface area contributed by atoms with E-state index in [0.29, 0.717) is 0 Å². The van der Waals surface area contributed by atoms with Gasteiger partial charge in [-0.25, -0.2) is 9.97 Å². The Labute approximate surface area is 383 Å². The number of nitrogens with zero attached hydrogens (tertiary/aromatic N) is 6. The minimum atomic E-state index is -0.185. The zero-order valence-electron chi connectivity index (χ0n) is 36.7. The van der Waals surface area contributed by atoms with Crippen molar-refractivity contribution in [2.45, 2.75) is 47.0 Å². The van der Waals surface area contributed by atoms with Gasteiger partial charge in [0.1, 0.15) is 10.0 Å². The smallest absolute Gasteiger partial charge is 0.124 e. The Kier molecular flexibility index (Phi) is 8.16. The van der Waals surface area contributed by atoms with Crippen molar-refractivity contribution in [3.8, 4) is 54.5 Å². The molecule has 0 saturated carbocycles. The summed E-state index contributed by atoms with van der Waals surface area (Å²) in [7, 11) is 0. The van der Waals surface area contributed by atoms with Gasteiger partial charge in [-0.05, 0) is 145 Å². The molecule has 0 unspecified atom stereocenters. The molecule has 8 heteroatoms. The summed E-state index contributed by atoms with van der Waals surface area (Å²) >= 11 is 3.53. The Morgan fingerprint density at radius 1 is 0.369 bits per heavy atom. The van der Waals surface area contributed by atoms with E-state index in [1.807, 2.05) is 27.7 Å². The van der Waals surface area contributed by atoms with Crippen LogP contribution in [-0.2, 0) is 5.41 Å². The van der Waals surface area contributed by atoms with Gasteiger partial charge in [0.05, 0.1) is 42.5 Å². The lowest BCUT2D eigenvalue weighted by Gasteiger charge is -2.21. The lowest BCUT2D eigenvalue weighted by Crippen LogP contribution is -2.14. The second-order valence-electron chi connectivity index (χ2n) is 18.2. The van der Waals surface area contributed by atoms with Crippen LogP contribution in [0.1, 0.15) is 47.8 Å². The number of aryl methyl sites for hydroxylation is 4. The first-order valence-electron chi connectivity index (χ1n) is 22.0. The van der Waals surface area contributed by atoms with Gasteiger partial charge in [-0.2, -0.15) is 0 Å². The summed E-state index contributed by atoms with van der Waals surface area (Å²) in [5.41, 5.74) is 21.5. The predicted molar refractivity (Wildman–Crippen MR) is 272 cm³/mol. The van der Waals surface area contributed by atoms with E-state index in [1.54, 1.807) is 22.7 Å². The molecular weight excluding hydrogens is 833 g/mol. The molecule has 0 atom stereocenters. The quantitative estimate of drug-likeness (QED) is 0.164. The van der Waals surface area contributed by atoms with Crippen molar-refractivity contribution in [3.63, 3.8) is 0 Å². The fraction of sp³-hybridized carbons (Fsp3) is 0.123. The number of fused-ring (bicyclic) bond motifs is 11. The van der Waals surface area contributed by atoms with E-state index >= 15 is 0 Å².